The van der Waals surface area contributed by atoms with E-state index in [0.717, 1.165) is 18.7 Å². The molecule has 0 spiro atoms. The molecule has 86 valence electrons. The number of furan rings is 1. The van der Waals surface area contributed by atoms with Gasteiger partial charge in [0.2, 0.25) is 5.78 Å². The van der Waals surface area contributed by atoms with E-state index >= 15 is 0 Å². The first-order valence-corrected chi connectivity index (χ1v) is 6.19. The number of rotatable bonds is 2. The number of nitrogens with one attached hydrogen (secondary N) is 1. The van der Waals surface area contributed by atoms with Gasteiger partial charge in [-0.25, -0.2) is 0 Å². The van der Waals surface area contributed by atoms with Crippen LogP contribution in [0, 0.1) is 0 Å². The molecule has 0 aliphatic carbocycles. The molecule has 1 aliphatic rings. The molecule has 0 saturated carbocycles. The molecule has 0 unspecified atom stereocenters. The Hall–Kier alpha value is -1.55. The van der Waals surface area contributed by atoms with E-state index in [-0.39, 0.29) is 5.78 Å². The fraction of sp³-hybridized carbons (Fsp3) is 0.154. The van der Waals surface area contributed by atoms with E-state index in [9.17, 15) is 4.79 Å². The van der Waals surface area contributed by atoms with E-state index in [1.165, 1.54) is 11.8 Å². The number of anilines is 1. The van der Waals surface area contributed by atoms with Crippen molar-refractivity contribution in [1.29, 1.82) is 0 Å². The molecule has 1 N–H and O–H groups in total. The van der Waals surface area contributed by atoms with Gasteiger partial charge in [0.25, 0.3) is 0 Å². The Morgan fingerprint density at radius 1 is 1.35 bits per heavy atom. The monoisotopic (exact) mass is 291 g/mol. The van der Waals surface area contributed by atoms with Gasteiger partial charge >= 0.3 is 0 Å². The first kappa shape index (κ1) is 10.6. The lowest BCUT2D eigenvalue weighted by molar-refractivity contribution is 0.101. The zero-order valence-electron chi connectivity index (χ0n) is 9.00. The van der Waals surface area contributed by atoms with Crippen LogP contribution in [-0.2, 0) is 6.42 Å². The van der Waals surface area contributed by atoms with Gasteiger partial charge in [-0.1, -0.05) is 0 Å². The van der Waals surface area contributed by atoms with Crippen molar-refractivity contribution in [1.82, 2.24) is 0 Å². The van der Waals surface area contributed by atoms with Crippen molar-refractivity contribution in [3.8, 4) is 0 Å². The fourth-order valence-corrected chi connectivity index (χ4v) is 2.41. The molecule has 4 heteroatoms. The van der Waals surface area contributed by atoms with Crippen molar-refractivity contribution in [3.05, 3.63) is 51.9 Å². The largest absolute Gasteiger partial charge is 0.460 e. The molecular formula is C13H10BrNO2. The Morgan fingerprint density at radius 3 is 3.00 bits per heavy atom. The van der Waals surface area contributed by atoms with Gasteiger partial charge in [0, 0.05) is 17.8 Å². The summed E-state index contributed by atoms with van der Waals surface area (Å²) in [6, 6.07) is 7.44. The molecule has 17 heavy (non-hydrogen) atoms. The number of halogens is 1. The highest BCUT2D eigenvalue weighted by Gasteiger charge is 2.18. The first-order chi connectivity index (χ1) is 8.25. The summed E-state index contributed by atoms with van der Waals surface area (Å²) in [5, 5.41) is 3.27. The van der Waals surface area contributed by atoms with Gasteiger partial charge in [-0.3, -0.25) is 4.79 Å². The molecule has 0 amide bonds. The van der Waals surface area contributed by atoms with Crippen molar-refractivity contribution in [2.24, 2.45) is 0 Å². The van der Waals surface area contributed by atoms with Crippen LogP contribution < -0.4 is 5.32 Å². The zero-order valence-corrected chi connectivity index (χ0v) is 10.6. The van der Waals surface area contributed by atoms with Crippen LogP contribution in [0.1, 0.15) is 21.7 Å². The van der Waals surface area contributed by atoms with E-state index < -0.39 is 0 Å². The number of carbonyl (C=O) groups excluding carboxylic acids is 1. The molecule has 2 heterocycles. The lowest BCUT2D eigenvalue weighted by atomic mass is 10.0. The summed E-state index contributed by atoms with van der Waals surface area (Å²) in [6.45, 7) is 0.942. The number of hydrogen-bond donors (Lipinski definition) is 1. The molecule has 0 fully saturated rings. The molecule has 0 saturated heterocycles. The van der Waals surface area contributed by atoms with E-state index in [1.807, 2.05) is 18.2 Å². The van der Waals surface area contributed by atoms with Crippen LogP contribution in [0.5, 0.6) is 0 Å². The predicted molar refractivity (Wildman–Crippen MR) is 68.5 cm³/mol. The second-order valence-electron chi connectivity index (χ2n) is 3.98. The Labute approximate surface area is 107 Å². The van der Waals surface area contributed by atoms with E-state index in [2.05, 4.69) is 21.2 Å². The molecular weight excluding hydrogens is 282 g/mol. The van der Waals surface area contributed by atoms with Crippen LogP contribution in [0.2, 0.25) is 0 Å². The Kier molecular flexibility index (Phi) is 2.52. The minimum atomic E-state index is -0.0865. The van der Waals surface area contributed by atoms with Crippen molar-refractivity contribution >= 4 is 27.4 Å². The zero-order chi connectivity index (χ0) is 11.8. The molecule has 0 bridgehead atoms. The highest BCUT2D eigenvalue weighted by molar-refractivity contribution is 9.10. The van der Waals surface area contributed by atoms with Gasteiger partial charge in [-0.05, 0) is 52.2 Å². The number of hydrogen-bond acceptors (Lipinski definition) is 3. The summed E-state index contributed by atoms with van der Waals surface area (Å²) < 4.78 is 5.88. The Bertz CT molecular complexity index is 589. The maximum atomic E-state index is 12.2. The SMILES string of the molecule is O=C(c1ccc2c(c1)CCN2)c1occc1Br. The highest BCUT2D eigenvalue weighted by atomic mass is 79.9. The van der Waals surface area contributed by atoms with Crippen molar-refractivity contribution in [2.45, 2.75) is 6.42 Å². The average Bonchev–Trinajstić information content (AvgIpc) is 2.95. The van der Waals surface area contributed by atoms with Crippen LogP contribution in [0.4, 0.5) is 5.69 Å². The van der Waals surface area contributed by atoms with Crippen molar-refractivity contribution in [2.75, 3.05) is 11.9 Å². The molecule has 1 aromatic heterocycles. The number of benzene rings is 1. The second-order valence-corrected chi connectivity index (χ2v) is 4.83. The van der Waals surface area contributed by atoms with Crippen molar-refractivity contribution in [3.63, 3.8) is 0 Å². The van der Waals surface area contributed by atoms with Crippen molar-refractivity contribution < 1.29 is 9.21 Å². The summed E-state index contributed by atoms with van der Waals surface area (Å²) in [5.74, 6) is 0.271. The summed E-state index contributed by atoms with van der Waals surface area (Å²) >= 11 is 3.30. The third kappa shape index (κ3) is 1.78. The quantitative estimate of drug-likeness (QED) is 0.864. The summed E-state index contributed by atoms with van der Waals surface area (Å²) in [7, 11) is 0. The third-order valence-corrected chi connectivity index (χ3v) is 3.53. The minimum Gasteiger partial charge on any atom is -0.460 e. The van der Waals surface area contributed by atoms with Gasteiger partial charge in [-0.2, -0.15) is 0 Å². The number of carbonyl (C=O) groups is 1. The van der Waals surface area contributed by atoms with Gasteiger partial charge in [0.05, 0.1) is 10.7 Å². The lowest BCUT2D eigenvalue weighted by Crippen LogP contribution is -2.01. The molecule has 3 rings (SSSR count). The van der Waals surface area contributed by atoms with E-state index in [4.69, 9.17) is 4.42 Å². The maximum Gasteiger partial charge on any atom is 0.229 e. The second kappa shape index (κ2) is 4.04. The van der Waals surface area contributed by atoms with Crippen LogP contribution in [-0.4, -0.2) is 12.3 Å². The summed E-state index contributed by atoms with van der Waals surface area (Å²) in [4.78, 5) is 12.2. The molecule has 0 atom stereocenters. The first-order valence-electron chi connectivity index (χ1n) is 5.40. The van der Waals surface area contributed by atoms with E-state index in [0.29, 0.717) is 15.8 Å². The van der Waals surface area contributed by atoms with Gasteiger partial charge in [-0.15, -0.1) is 0 Å². The fourth-order valence-electron chi connectivity index (χ4n) is 2.03. The highest BCUT2D eigenvalue weighted by Crippen LogP contribution is 2.26. The normalized spacial score (nSPS) is 13.2. The Balaban J connectivity index is 2.00. The molecule has 0 radical (unpaired) electrons. The lowest BCUT2D eigenvalue weighted by Gasteiger charge is -2.02. The average molecular weight is 292 g/mol. The third-order valence-electron chi connectivity index (χ3n) is 2.90. The number of ketones is 1. The predicted octanol–water partition coefficient (Wildman–Crippen LogP) is 3.24. The molecule has 1 aliphatic heterocycles. The van der Waals surface area contributed by atoms with E-state index in [1.54, 1.807) is 6.07 Å². The standard InChI is InChI=1S/C13H10BrNO2/c14-10-4-6-17-13(10)12(16)9-1-2-11-8(7-9)3-5-15-11/h1-2,4,6-7,15H,3,5H2. The molecule has 3 nitrogen and oxygen atoms in total. The topological polar surface area (TPSA) is 42.2 Å². The minimum absolute atomic E-state index is 0.0865. The smallest absolute Gasteiger partial charge is 0.229 e. The maximum absolute atomic E-state index is 12.2. The number of fused-ring (bicyclic) bond motifs is 1. The van der Waals surface area contributed by atoms with Crippen LogP contribution >= 0.6 is 15.9 Å². The molecule has 2 aromatic rings. The van der Waals surface area contributed by atoms with Crippen LogP contribution in [0.15, 0.2) is 39.4 Å². The summed E-state index contributed by atoms with van der Waals surface area (Å²) in [6.07, 6.45) is 2.47. The Morgan fingerprint density at radius 2 is 2.24 bits per heavy atom. The van der Waals surface area contributed by atoms with Gasteiger partial charge in [0.1, 0.15) is 0 Å². The van der Waals surface area contributed by atoms with Gasteiger partial charge < -0.3 is 9.73 Å². The van der Waals surface area contributed by atoms with Crippen LogP contribution in [0.3, 0.4) is 0 Å². The summed E-state index contributed by atoms with van der Waals surface area (Å²) in [5.41, 5.74) is 2.99. The molecule has 1 aromatic carbocycles. The van der Waals surface area contributed by atoms with Gasteiger partial charge in [0.15, 0.2) is 5.76 Å². The van der Waals surface area contributed by atoms with Crippen LogP contribution in [0.25, 0.3) is 0 Å².